The van der Waals surface area contributed by atoms with E-state index in [0.717, 1.165) is 12.4 Å². The van der Waals surface area contributed by atoms with Crippen LogP contribution in [0.25, 0.3) is 0 Å². The van der Waals surface area contributed by atoms with Crippen molar-refractivity contribution in [1.82, 2.24) is 9.88 Å². The van der Waals surface area contributed by atoms with Crippen LogP contribution in [0.4, 0.5) is 5.82 Å². The van der Waals surface area contributed by atoms with Crippen molar-refractivity contribution in [3.63, 3.8) is 0 Å². The summed E-state index contributed by atoms with van der Waals surface area (Å²) in [6, 6.07) is 4.93. The van der Waals surface area contributed by atoms with Gasteiger partial charge in [-0.3, -0.25) is 0 Å². The summed E-state index contributed by atoms with van der Waals surface area (Å²) in [6.45, 7) is 8.86. The second-order valence-corrected chi connectivity index (χ2v) is 6.34. The minimum Gasteiger partial charge on any atom is -0.369 e. The molecule has 1 atom stereocenters. The van der Waals surface area contributed by atoms with Crippen molar-refractivity contribution in [1.29, 1.82) is 0 Å². The number of likely N-dealkylation sites (N-methyl/N-ethyl adjacent to an activating group) is 1. The Kier molecular flexibility index (Phi) is 3.91. The molecule has 2 rings (SSSR count). The van der Waals surface area contributed by atoms with Crippen LogP contribution in [0.2, 0.25) is 0 Å². The van der Waals surface area contributed by atoms with Gasteiger partial charge in [0, 0.05) is 18.8 Å². The van der Waals surface area contributed by atoms with Gasteiger partial charge in [0.15, 0.2) is 0 Å². The molecule has 1 aromatic heterocycles. The molecule has 1 unspecified atom stereocenters. The molecule has 1 aliphatic rings. The number of nitrogens with one attached hydrogen (secondary N) is 1. The van der Waals surface area contributed by atoms with Gasteiger partial charge in [-0.2, -0.15) is 0 Å². The molecule has 0 amide bonds. The van der Waals surface area contributed by atoms with Crippen molar-refractivity contribution in [2.75, 3.05) is 25.5 Å². The molecule has 18 heavy (non-hydrogen) atoms. The minimum atomic E-state index is 0.178. The highest BCUT2D eigenvalue weighted by Crippen LogP contribution is 2.22. The molecule has 2 heterocycles. The normalized spacial score (nSPS) is 21.2. The second kappa shape index (κ2) is 5.27. The zero-order valence-corrected chi connectivity index (χ0v) is 12.0. The Hall–Kier alpha value is -1.09. The number of rotatable bonds is 3. The summed E-state index contributed by atoms with van der Waals surface area (Å²) in [5, 5.41) is 3.44. The van der Waals surface area contributed by atoms with Gasteiger partial charge in [-0.05, 0) is 43.5 Å². The highest BCUT2D eigenvalue weighted by molar-refractivity contribution is 5.37. The Labute approximate surface area is 111 Å². The van der Waals surface area contributed by atoms with E-state index in [9.17, 15) is 0 Å². The quantitative estimate of drug-likeness (QED) is 0.890. The summed E-state index contributed by atoms with van der Waals surface area (Å²) in [6.07, 6.45) is 4.60. The molecule has 1 N–H and O–H groups in total. The van der Waals surface area contributed by atoms with Crippen molar-refractivity contribution >= 4 is 5.82 Å². The Morgan fingerprint density at radius 2 is 2.17 bits per heavy atom. The van der Waals surface area contributed by atoms with Crippen molar-refractivity contribution in [2.45, 2.75) is 45.1 Å². The van der Waals surface area contributed by atoms with Crippen LogP contribution >= 0.6 is 0 Å². The third-order valence-corrected chi connectivity index (χ3v) is 3.82. The third-order valence-electron chi connectivity index (χ3n) is 3.82. The summed E-state index contributed by atoms with van der Waals surface area (Å²) in [7, 11) is 2.20. The molecule has 0 saturated carbocycles. The monoisotopic (exact) mass is 247 g/mol. The first-order chi connectivity index (χ1) is 8.47. The summed E-state index contributed by atoms with van der Waals surface area (Å²) in [4.78, 5) is 6.93. The van der Waals surface area contributed by atoms with Gasteiger partial charge in [0.25, 0.3) is 0 Å². The van der Waals surface area contributed by atoms with Crippen LogP contribution in [0.3, 0.4) is 0 Å². The third kappa shape index (κ3) is 3.22. The summed E-state index contributed by atoms with van der Waals surface area (Å²) >= 11 is 0. The maximum atomic E-state index is 4.50. The van der Waals surface area contributed by atoms with E-state index in [-0.39, 0.29) is 5.41 Å². The first kappa shape index (κ1) is 13.3. The van der Waals surface area contributed by atoms with Gasteiger partial charge in [-0.15, -0.1) is 0 Å². The van der Waals surface area contributed by atoms with Gasteiger partial charge < -0.3 is 10.2 Å². The molecular formula is C15H25N3. The highest BCUT2D eigenvalue weighted by Gasteiger charge is 2.20. The first-order valence-electron chi connectivity index (χ1n) is 6.87. The van der Waals surface area contributed by atoms with Crippen LogP contribution in [-0.4, -0.2) is 36.1 Å². The fourth-order valence-corrected chi connectivity index (χ4v) is 2.40. The van der Waals surface area contributed by atoms with E-state index in [1.165, 1.54) is 24.9 Å². The molecule has 0 aliphatic carbocycles. The minimum absolute atomic E-state index is 0.178. The predicted molar refractivity (Wildman–Crippen MR) is 77.1 cm³/mol. The zero-order valence-electron chi connectivity index (χ0n) is 12.0. The van der Waals surface area contributed by atoms with E-state index in [1.807, 2.05) is 6.20 Å². The molecule has 1 aliphatic heterocycles. The smallest absolute Gasteiger partial charge is 0.125 e. The first-order valence-corrected chi connectivity index (χ1v) is 6.87. The van der Waals surface area contributed by atoms with Crippen molar-refractivity contribution in [3.8, 4) is 0 Å². The number of hydrogen-bond acceptors (Lipinski definition) is 3. The predicted octanol–water partition coefficient (Wildman–Crippen LogP) is 2.89. The summed E-state index contributed by atoms with van der Waals surface area (Å²) in [5.74, 6) is 0.989. The standard InChI is InChI=1S/C15H25N3/c1-15(2,3)12-7-8-14(16-10-12)17-11-13-6-5-9-18(13)4/h7-8,10,13H,5-6,9,11H2,1-4H3,(H,16,17). The lowest BCUT2D eigenvalue weighted by Gasteiger charge is -2.21. The lowest BCUT2D eigenvalue weighted by molar-refractivity contribution is 0.322. The molecule has 0 spiro atoms. The number of likely N-dealkylation sites (tertiary alicyclic amines) is 1. The van der Waals surface area contributed by atoms with Gasteiger partial charge in [0.05, 0.1) is 0 Å². The van der Waals surface area contributed by atoms with E-state index in [4.69, 9.17) is 0 Å². The van der Waals surface area contributed by atoms with Crippen LogP contribution < -0.4 is 5.32 Å². The topological polar surface area (TPSA) is 28.2 Å². The molecule has 3 nitrogen and oxygen atoms in total. The molecule has 0 radical (unpaired) electrons. The van der Waals surface area contributed by atoms with Crippen LogP contribution in [0.1, 0.15) is 39.2 Å². The maximum absolute atomic E-state index is 4.50. The second-order valence-electron chi connectivity index (χ2n) is 6.34. The van der Waals surface area contributed by atoms with Gasteiger partial charge >= 0.3 is 0 Å². The maximum Gasteiger partial charge on any atom is 0.125 e. The van der Waals surface area contributed by atoms with E-state index >= 15 is 0 Å². The van der Waals surface area contributed by atoms with Gasteiger partial charge in [0.1, 0.15) is 5.82 Å². The van der Waals surface area contributed by atoms with Crippen LogP contribution in [0, 0.1) is 0 Å². The van der Waals surface area contributed by atoms with E-state index in [2.05, 4.69) is 55.2 Å². The Morgan fingerprint density at radius 1 is 1.39 bits per heavy atom. The Morgan fingerprint density at radius 3 is 2.67 bits per heavy atom. The van der Waals surface area contributed by atoms with Crippen LogP contribution in [0.15, 0.2) is 18.3 Å². The SMILES string of the molecule is CN1CCCC1CNc1ccc(C(C)(C)C)cn1. The van der Waals surface area contributed by atoms with Crippen molar-refractivity contribution in [3.05, 3.63) is 23.9 Å². The van der Waals surface area contributed by atoms with E-state index in [1.54, 1.807) is 0 Å². The number of hydrogen-bond donors (Lipinski definition) is 1. The van der Waals surface area contributed by atoms with Crippen molar-refractivity contribution < 1.29 is 0 Å². The lowest BCUT2D eigenvalue weighted by atomic mass is 9.88. The number of pyridine rings is 1. The number of anilines is 1. The molecule has 0 bridgehead atoms. The van der Waals surface area contributed by atoms with Gasteiger partial charge in [-0.1, -0.05) is 26.8 Å². The Bertz CT molecular complexity index is 378. The molecule has 0 aromatic carbocycles. The molecule has 3 heteroatoms. The highest BCUT2D eigenvalue weighted by atomic mass is 15.2. The average Bonchev–Trinajstić information content (AvgIpc) is 2.72. The fourth-order valence-electron chi connectivity index (χ4n) is 2.40. The van der Waals surface area contributed by atoms with Crippen LogP contribution in [0.5, 0.6) is 0 Å². The zero-order chi connectivity index (χ0) is 13.2. The van der Waals surface area contributed by atoms with Gasteiger partial charge in [0.2, 0.25) is 0 Å². The fraction of sp³-hybridized carbons (Fsp3) is 0.667. The average molecular weight is 247 g/mol. The molecule has 1 fully saturated rings. The van der Waals surface area contributed by atoms with Gasteiger partial charge in [-0.25, -0.2) is 4.98 Å². The largest absolute Gasteiger partial charge is 0.369 e. The summed E-state index contributed by atoms with van der Waals surface area (Å²) < 4.78 is 0. The van der Waals surface area contributed by atoms with Crippen LogP contribution in [-0.2, 0) is 5.41 Å². The van der Waals surface area contributed by atoms with Crippen molar-refractivity contribution in [2.24, 2.45) is 0 Å². The summed E-state index contributed by atoms with van der Waals surface area (Å²) in [5.41, 5.74) is 1.46. The molecular weight excluding hydrogens is 222 g/mol. The van der Waals surface area contributed by atoms with E-state index in [0.29, 0.717) is 6.04 Å². The van der Waals surface area contributed by atoms with E-state index < -0.39 is 0 Å². The number of nitrogens with zero attached hydrogens (tertiary/aromatic N) is 2. The molecule has 1 saturated heterocycles. The lowest BCUT2D eigenvalue weighted by Crippen LogP contribution is -2.31. The molecule has 100 valence electrons. The Balaban J connectivity index is 1.90. The molecule has 1 aromatic rings. The number of aromatic nitrogens is 1.